The van der Waals surface area contributed by atoms with Crippen LogP contribution in [-0.2, 0) is 0 Å². The van der Waals surface area contributed by atoms with E-state index in [0.717, 1.165) is 102 Å². The molecule has 360 valence electrons. The largest absolute Gasteiger partial charge is 0.458 e. The summed E-state index contributed by atoms with van der Waals surface area (Å²) in [5.41, 5.74) is 18.8. The minimum atomic E-state index is -0.170. The second kappa shape index (κ2) is 17.5. The van der Waals surface area contributed by atoms with E-state index in [1.54, 1.807) is 0 Å². The third-order valence-electron chi connectivity index (χ3n) is 15.7. The molecule has 0 saturated heterocycles. The van der Waals surface area contributed by atoms with Crippen molar-refractivity contribution >= 4 is 135 Å². The first-order valence-corrected chi connectivity index (χ1v) is 27.0. The molecule has 0 radical (unpaired) electrons. The molecule has 0 amide bonds. The van der Waals surface area contributed by atoms with Crippen LogP contribution in [0.15, 0.2) is 267 Å². The van der Waals surface area contributed by atoms with Crippen LogP contribution in [0.1, 0.15) is 0 Å². The zero-order chi connectivity index (χ0) is 50.6. The third kappa shape index (κ3) is 6.83. The fraction of sp³-hybridized carbons (Fsp3) is 0. The standard InChI is InChI=1S/C68H44B2N4O2S/c1-7-23-45(24-8-1)71(46-25-9-2-10-26-46)51-39-58-66-59(40-51)74(50-33-17-6-18-34-50)68-65(53-35-19-22-38-64(53)77-68)70(66)55-43-56-61(44-57(55)73(58)49-31-15-5-16-32-49)76-63-42-52(41-62-67(63)69(56)54-36-20-21-37-60(54)75-62)72(47-27-11-3-12-28-47)48-29-13-4-14-30-48/h1-44H. The summed E-state index contributed by atoms with van der Waals surface area (Å²) in [6, 6.07) is 96.0. The summed E-state index contributed by atoms with van der Waals surface area (Å²) < 4.78 is 15.7. The molecular weight excluding hydrogens is 958 g/mol. The van der Waals surface area contributed by atoms with Crippen molar-refractivity contribution in [3.63, 3.8) is 0 Å². The maximum Gasteiger partial charge on any atom is 0.260 e. The number of anilines is 12. The van der Waals surface area contributed by atoms with Crippen LogP contribution in [0.2, 0.25) is 0 Å². The van der Waals surface area contributed by atoms with Crippen molar-refractivity contribution in [2.45, 2.75) is 0 Å². The molecule has 77 heavy (non-hydrogen) atoms. The van der Waals surface area contributed by atoms with Crippen molar-refractivity contribution in [1.82, 2.24) is 0 Å². The minimum absolute atomic E-state index is 0.147. The Morgan fingerprint density at radius 1 is 0.312 bits per heavy atom. The Morgan fingerprint density at radius 3 is 1.36 bits per heavy atom. The van der Waals surface area contributed by atoms with Gasteiger partial charge in [-0.15, -0.1) is 11.3 Å². The van der Waals surface area contributed by atoms with E-state index in [1.165, 1.54) is 31.5 Å². The first-order chi connectivity index (χ1) is 38.2. The van der Waals surface area contributed by atoms with Crippen molar-refractivity contribution in [3.8, 4) is 23.0 Å². The fourth-order valence-electron chi connectivity index (χ4n) is 12.5. The molecule has 0 N–H and O–H groups in total. The molecule has 5 heterocycles. The van der Waals surface area contributed by atoms with Crippen LogP contribution in [0, 0.1) is 0 Å². The number of rotatable bonds is 8. The lowest BCUT2D eigenvalue weighted by Gasteiger charge is -2.45. The van der Waals surface area contributed by atoms with E-state index in [9.17, 15) is 0 Å². The quantitative estimate of drug-likeness (QED) is 0.141. The van der Waals surface area contributed by atoms with Gasteiger partial charge in [0.15, 0.2) is 0 Å². The summed E-state index contributed by atoms with van der Waals surface area (Å²) in [6.07, 6.45) is 0. The predicted octanol–water partition coefficient (Wildman–Crippen LogP) is 14.7. The summed E-state index contributed by atoms with van der Waals surface area (Å²) in [5.74, 6) is 3.23. The van der Waals surface area contributed by atoms with Crippen LogP contribution in [0.5, 0.6) is 23.0 Å². The lowest BCUT2D eigenvalue weighted by Crippen LogP contribution is -2.63. The van der Waals surface area contributed by atoms with Crippen LogP contribution in [0.3, 0.4) is 0 Å². The lowest BCUT2D eigenvalue weighted by molar-refractivity contribution is 0.465. The number of hydrogen-bond acceptors (Lipinski definition) is 7. The second-order valence-electron chi connectivity index (χ2n) is 20.0. The van der Waals surface area contributed by atoms with Gasteiger partial charge in [-0.2, -0.15) is 0 Å². The fourth-order valence-corrected chi connectivity index (χ4v) is 13.8. The van der Waals surface area contributed by atoms with Crippen molar-refractivity contribution in [2.75, 3.05) is 19.6 Å². The highest BCUT2D eigenvalue weighted by Crippen LogP contribution is 2.52. The molecular formula is C68H44B2N4O2S. The molecule has 0 aliphatic carbocycles. The van der Waals surface area contributed by atoms with Crippen LogP contribution in [-0.4, -0.2) is 13.4 Å². The van der Waals surface area contributed by atoms with Gasteiger partial charge in [-0.1, -0.05) is 152 Å². The molecule has 0 atom stereocenters. The summed E-state index contributed by atoms with van der Waals surface area (Å²) in [7, 11) is 0. The van der Waals surface area contributed by atoms with Gasteiger partial charge in [-0.3, -0.25) is 0 Å². The number of nitrogens with zero attached hydrogens (tertiary/aromatic N) is 4. The third-order valence-corrected chi connectivity index (χ3v) is 16.8. The summed E-state index contributed by atoms with van der Waals surface area (Å²) >= 11 is 1.87. The van der Waals surface area contributed by atoms with Crippen molar-refractivity contribution < 1.29 is 9.47 Å². The highest BCUT2D eigenvalue weighted by molar-refractivity contribution is 7.26. The lowest BCUT2D eigenvalue weighted by atomic mass is 9.31. The molecule has 4 aliphatic heterocycles. The molecule has 0 unspecified atom stereocenters. The first kappa shape index (κ1) is 43.7. The van der Waals surface area contributed by atoms with E-state index in [2.05, 4.69) is 287 Å². The van der Waals surface area contributed by atoms with Crippen LogP contribution < -0.4 is 61.9 Å². The highest BCUT2D eigenvalue weighted by Gasteiger charge is 2.48. The highest BCUT2D eigenvalue weighted by atomic mass is 32.1. The average Bonchev–Trinajstić information content (AvgIpc) is 3.88. The number of fused-ring (bicyclic) bond motifs is 10. The summed E-state index contributed by atoms with van der Waals surface area (Å²) in [6.45, 7) is -0.317. The van der Waals surface area contributed by atoms with E-state index in [-0.39, 0.29) is 13.4 Å². The normalized spacial score (nSPS) is 13.0. The van der Waals surface area contributed by atoms with Crippen LogP contribution in [0.4, 0.5) is 67.6 Å². The predicted molar refractivity (Wildman–Crippen MR) is 323 cm³/mol. The van der Waals surface area contributed by atoms with Gasteiger partial charge in [-0.05, 0) is 130 Å². The Labute approximate surface area is 451 Å². The first-order valence-electron chi connectivity index (χ1n) is 26.2. The SMILES string of the molecule is c1ccc(N(c2ccccc2)c2cc3c4c(c2)Oc2cc5c(cc2B4c2ccccc2O3)B2c3c(cc(N(c4ccccc4)c4ccccc4)cc3N(c3ccccc3)c3sc4ccccc4c32)N5c2ccccc2)cc1. The molecule has 6 nitrogen and oxygen atoms in total. The number of ether oxygens (including phenoxy) is 2. The van der Waals surface area contributed by atoms with E-state index in [0.29, 0.717) is 0 Å². The molecule has 0 spiro atoms. The van der Waals surface area contributed by atoms with E-state index in [4.69, 9.17) is 9.47 Å². The smallest absolute Gasteiger partial charge is 0.260 e. The van der Waals surface area contributed by atoms with Gasteiger partial charge in [0.1, 0.15) is 23.0 Å². The van der Waals surface area contributed by atoms with Gasteiger partial charge in [0, 0.05) is 79.5 Å². The molecule has 16 rings (SSSR count). The Kier molecular flexibility index (Phi) is 9.90. The zero-order valence-electron chi connectivity index (χ0n) is 41.6. The number of benzene rings is 11. The van der Waals surface area contributed by atoms with Gasteiger partial charge in [0.2, 0.25) is 0 Å². The second-order valence-corrected chi connectivity index (χ2v) is 21.0. The molecule has 1 aromatic heterocycles. The average molecular weight is 1000 g/mol. The minimum Gasteiger partial charge on any atom is -0.458 e. The molecule has 0 saturated carbocycles. The number of thiophene rings is 1. The number of hydrogen-bond donors (Lipinski definition) is 0. The van der Waals surface area contributed by atoms with Crippen molar-refractivity contribution in [1.29, 1.82) is 0 Å². The molecule has 0 bridgehead atoms. The summed E-state index contributed by atoms with van der Waals surface area (Å²) in [4.78, 5) is 9.71. The van der Waals surface area contributed by atoms with Gasteiger partial charge in [0.25, 0.3) is 13.4 Å². The van der Waals surface area contributed by atoms with E-state index >= 15 is 0 Å². The molecule has 9 heteroatoms. The van der Waals surface area contributed by atoms with E-state index < -0.39 is 0 Å². The molecule has 12 aromatic rings. The van der Waals surface area contributed by atoms with Gasteiger partial charge >= 0.3 is 0 Å². The van der Waals surface area contributed by atoms with Gasteiger partial charge < -0.3 is 29.1 Å². The van der Waals surface area contributed by atoms with Gasteiger partial charge in [-0.25, -0.2) is 0 Å². The Balaban J connectivity index is 0.989. The maximum atomic E-state index is 7.48. The Hall–Kier alpha value is -9.69. The van der Waals surface area contributed by atoms with Crippen LogP contribution in [0.25, 0.3) is 10.1 Å². The topological polar surface area (TPSA) is 31.4 Å². The van der Waals surface area contributed by atoms with Gasteiger partial charge in [0.05, 0.1) is 16.4 Å². The zero-order valence-corrected chi connectivity index (χ0v) is 42.4. The van der Waals surface area contributed by atoms with Crippen molar-refractivity contribution in [2.24, 2.45) is 0 Å². The van der Waals surface area contributed by atoms with Crippen molar-refractivity contribution in [3.05, 3.63) is 267 Å². The molecule has 4 aliphatic rings. The number of para-hydroxylation sites is 7. The van der Waals surface area contributed by atoms with Crippen LogP contribution >= 0.6 is 11.3 Å². The van der Waals surface area contributed by atoms with E-state index in [1.807, 2.05) is 11.3 Å². The Bertz CT molecular complexity index is 4180. The molecule has 11 aromatic carbocycles. The summed E-state index contributed by atoms with van der Waals surface area (Å²) in [5, 5.41) is 2.48. The monoisotopic (exact) mass is 1000 g/mol. The Morgan fingerprint density at radius 2 is 0.779 bits per heavy atom. The maximum absolute atomic E-state index is 7.48. The molecule has 0 fully saturated rings.